The normalized spacial score (nSPS) is 10.7. The van der Waals surface area contributed by atoms with E-state index in [0.717, 1.165) is 5.56 Å². The summed E-state index contributed by atoms with van der Waals surface area (Å²) in [5.74, 6) is 0.978. The minimum atomic E-state index is -0.451. The molecule has 30 heavy (non-hydrogen) atoms. The van der Waals surface area contributed by atoms with E-state index in [1.54, 1.807) is 53.2 Å². The van der Waals surface area contributed by atoms with Crippen molar-refractivity contribution in [3.8, 4) is 5.75 Å². The molecule has 1 N–H and O–H groups in total. The topological polar surface area (TPSA) is 82.2 Å². The van der Waals surface area contributed by atoms with Crippen molar-refractivity contribution < 1.29 is 13.9 Å². The number of hydrogen-bond donors (Lipinski definition) is 1. The van der Waals surface area contributed by atoms with Crippen LogP contribution in [0.5, 0.6) is 5.75 Å². The van der Waals surface area contributed by atoms with E-state index >= 15 is 0 Å². The quantitative estimate of drug-likeness (QED) is 0.432. The van der Waals surface area contributed by atoms with E-state index in [4.69, 9.17) is 32.4 Å². The maximum atomic E-state index is 12.4. The van der Waals surface area contributed by atoms with Crippen LogP contribution in [0.2, 0.25) is 10.0 Å². The van der Waals surface area contributed by atoms with Gasteiger partial charge in [0.05, 0.1) is 6.54 Å². The Bertz CT molecular complexity index is 1160. The Hall–Kier alpha value is -3.29. The number of carbonyl (C=O) groups excluding carboxylic acids is 1. The predicted octanol–water partition coefficient (Wildman–Crippen LogP) is 5.06. The second-order valence-corrected chi connectivity index (χ2v) is 7.23. The summed E-state index contributed by atoms with van der Waals surface area (Å²) in [5.41, 5.74) is 1.01. The fourth-order valence-corrected chi connectivity index (χ4v) is 2.96. The Kier molecular flexibility index (Phi) is 6.02. The van der Waals surface area contributed by atoms with Crippen molar-refractivity contribution in [2.45, 2.75) is 13.2 Å². The van der Waals surface area contributed by atoms with Crippen LogP contribution in [0.4, 0.5) is 5.95 Å². The molecule has 0 atom stereocenters. The van der Waals surface area contributed by atoms with Gasteiger partial charge in [-0.1, -0.05) is 41.4 Å². The second-order valence-electron chi connectivity index (χ2n) is 6.36. The number of nitrogens with zero attached hydrogens (tertiary/aromatic N) is 3. The first-order chi connectivity index (χ1) is 14.5. The number of carbonyl (C=O) groups is 1. The van der Waals surface area contributed by atoms with Crippen LogP contribution >= 0.6 is 23.2 Å². The van der Waals surface area contributed by atoms with Crippen molar-refractivity contribution in [3.63, 3.8) is 0 Å². The van der Waals surface area contributed by atoms with Gasteiger partial charge in [0.2, 0.25) is 5.95 Å². The molecule has 9 heteroatoms. The monoisotopic (exact) mass is 442 g/mol. The molecule has 0 aliphatic heterocycles. The molecule has 2 heterocycles. The molecule has 0 saturated heterocycles. The van der Waals surface area contributed by atoms with E-state index in [9.17, 15) is 4.79 Å². The van der Waals surface area contributed by atoms with Crippen molar-refractivity contribution in [2.24, 2.45) is 0 Å². The van der Waals surface area contributed by atoms with Gasteiger partial charge in [0.25, 0.3) is 5.91 Å². The lowest BCUT2D eigenvalue weighted by molar-refractivity contribution is 0.0991. The number of nitrogens with one attached hydrogen (secondary N) is 1. The predicted molar refractivity (Wildman–Crippen MR) is 113 cm³/mol. The molecule has 0 bridgehead atoms. The molecular weight excluding hydrogens is 427 g/mol. The molecule has 0 unspecified atom stereocenters. The lowest BCUT2D eigenvalue weighted by atomic mass is 10.2. The highest BCUT2D eigenvalue weighted by atomic mass is 35.5. The molecule has 2 aromatic heterocycles. The molecule has 152 valence electrons. The van der Waals surface area contributed by atoms with Crippen LogP contribution in [0, 0.1) is 0 Å². The molecule has 0 fully saturated rings. The zero-order valence-electron chi connectivity index (χ0n) is 15.6. The number of amides is 1. The SMILES string of the molecule is O=C(Nc1ncn(Cc2ccc(Cl)cc2)n1)c1ccc(COc2cccc(Cl)c2)o1. The lowest BCUT2D eigenvalue weighted by Crippen LogP contribution is -2.12. The van der Waals surface area contributed by atoms with Crippen molar-refractivity contribution in [2.75, 3.05) is 5.32 Å². The number of halogens is 2. The molecule has 2 aromatic carbocycles. The van der Waals surface area contributed by atoms with E-state index < -0.39 is 5.91 Å². The Labute approximate surface area is 182 Å². The van der Waals surface area contributed by atoms with Crippen LogP contribution < -0.4 is 10.1 Å². The number of rotatable bonds is 7. The van der Waals surface area contributed by atoms with E-state index in [1.165, 1.54) is 6.33 Å². The maximum Gasteiger partial charge on any atom is 0.293 e. The first-order valence-corrected chi connectivity index (χ1v) is 9.73. The minimum Gasteiger partial charge on any atom is -0.486 e. The smallest absolute Gasteiger partial charge is 0.293 e. The van der Waals surface area contributed by atoms with E-state index in [2.05, 4.69) is 15.4 Å². The van der Waals surface area contributed by atoms with Crippen LogP contribution in [0.3, 0.4) is 0 Å². The van der Waals surface area contributed by atoms with Crippen LogP contribution in [-0.2, 0) is 13.2 Å². The van der Waals surface area contributed by atoms with Gasteiger partial charge in [0.15, 0.2) is 5.76 Å². The molecular formula is C21H16Cl2N4O3. The van der Waals surface area contributed by atoms with Crippen molar-refractivity contribution >= 4 is 35.1 Å². The number of furan rings is 1. The minimum absolute atomic E-state index is 0.133. The molecule has 4 aromatic rings. The first kappa shape index (κ1) is 20.0. The van der Waals surface area contributed by atoms with Crippen LogP contribution in [0.25, 0.3) is 0 Å². The van der Waals surface area contributed by atoms with E-state index in [-0.39, 0.29) is 18.3 Å². The van der Waals surface area contributed by atoms with Gasteiger partial charge in [-0.3, -0.25) is 10.1 Å². The molecule has 0 saturated carbocycles. The lowest BCUT2D eigenvalue weighted by Gasteiger charge is -2.04. The molecule has 0 aliphatic carbocycles. The number of aromatic nitrogens is 3. The Balaban J connectivity index is 1.33. The van der Waals surface area contributed by atoms with Gasteiger partial charge in [0, 0.05) is 10.0 Å². The molecule has 0 spiro atoms. The van der Waals surface area contributed by atoms with Crippen molar-refractivity contribution in [1.29, 1.82) is 0 Å². The standard InChI is InChI=1S/C21H16Cl2N4O3/c22-15-6-4-14(5-7-15)11-27-13-24-21(26-27)25-20(28)19-9-8-18(30-19)12-29-17-3-1-2-16(23)10-17/h1-10,13H,11-12H2,(H,25,26,28). The van der Waals surface area contributed by atoms with Gasteiger partial charge < -0.3 is 9.15 Å². The van der Waals surface area contributed by atoms with Crippen LogP contribution in [0.15, 0.2) is 71.4 Å². The fourth-order valence-electron chi connectivity index (χ4n) is 2.66. The summed E-state index contributed by atoms with van der Waals surface area (Å²) < 4.78 is 12.8. The van der Waals surface area contributed by atoms with Gasteiger partial charge in [-0.15, -0.1) is 5.10 Å². The van der Waals surface area contributed by atoms with Crippen molar-refractivity contribution in [3.05, 3.63) is 94.1 Å². The highest BCUT2D eigenvalue weighted by Crippen LogP contribution is 2.19. The zero-order chi connectivity index (χ0) is 20.9. The number of hydrogen-bond acceptors (Lipinski definition) is 5. The molecule has 0 aliphatic rings. The molecule has 0 radical (unpaired) electrons. The van der Waals surface area contributed by atoms with Gasteiger partial charge >= 0.3 is 0 Å². The molecule has 4 rings (SSSR count). The number of benzene rings is 2. The van der Waals surface area contributed by atoms with Gasteiger partial charge in [-0.2, -0.15) is 0 Å². The van der Waals surface area contributed by atoms with Gasteiger partial charge in [0.1, 0.15) is 24.4 Å². The summed E-state index contributed by atoms with van der Waals surface area (Å²) in [6.45, 7) is 0.674. The maximum absolute atomic E-state index is 12.4. The Morgan fingerprint density at radius 2 is 1.90 bits per heavy atom. The summed E-state index contributed by atoms with van der Waals surface area (Å²) in [7, 11) is 0. The van der Waals surface area contributed by atoms with E-state index in [1.807, 2.05) is 12.1 Å². The first-order valence-electron chi connectivity index (χ1n) is 8.97. The Morgan fingerprint density at radius 1 is 1.07 bits per heavy atom. The zero-order valence-corrected chi connectivity index (χ0v) is 17.1. The number of ether oxygens (including phenoxy) is 1. The molecule has 7 nitrogen and oxygen atoms in total. The average Bonchev–Trinajstić information content (AvgIpc) is 3.38. The van der Waals surface area contributed by atoms with Gasteiger partial charge in [-0.05, 0) is 48.0 Å². The molecule has 1 amide bonds. The average molecular weight is 443 g/mol. The summed E-state index contributed by atoms with van der Waals surface area (Å²) in [6.07, 6.45) is 1.54. The highest BCUT2D eigenvalue weighted by molar-refractivity contribution is 6.30. The van der Waals surface area contributed by atoms with Crippen molar-refractivity contribution in [1.82, 2.24) is 14.8 Å². The van der Waals surface area contributed by atoms with E-state index in [0.29, 0.717) is 28.1 Å². The van der Waals surface area contributed by atoms with Crippen LogP contribution in [0.1, 0.15) is 21.9 Å². The third-order valence-electron chi connectivity index (χ3n) is 4.08. The Morgan fingerprint density at radius 3 is 2.70 bits per heavy atom. The van der Waals surface area contributed by atoms with Gasteiger partial charge in [-0.25, -0.2) is 9.67 Å². The fraction of sp³-hybridized carbons (Fsp3) is 0.0952. The largest absolute Gasteiger partial charge is 0.486 e. The summed E-state index contributed by atoms with van der Waals surface area (Å²) >= 11 is 11.8. The highest BCUT2D eigenvalue weighted by Gasteiger charge is 2.14. The number of anilines is 1. The third-order valence-corrected chi connectivity index (χ3v) is 4.57. The van der Waals surface area contributed by atoms with Crippen LogP contribution in [-0.4, -0.2) is 20.7 Å². The third kappa shape index (κ3) is 5.20. The summed E-state index contributed by atoms with van der Waals surface area (Å²) in [6, 6.07) is 17.7. The second kappa shape index (κ2) is 9.02. The summed E-state index contributed by atoms with van der Waals surface area (Å²) in [4.78, 5) is 16.5. The summed E-state index contributed by atoms with van der Waals surface area (Å²) in [5, 5.41) is 8.11.